The number of rotatable bonds is 3. The molecule has 98 valence electrons. The molecule has 0 spiro atoms. The summed E-state index contributed by atoms with van der Waals surface area (Å²) in [7, 11) is 0. The lowest BCUT2D eigenvalue weighted by Gasteiger charge is -2.17. The van der Waals surface area contributed by atoms with E-state index in [9.17, 15) is 0 Å². The summed E-state index contributed by atoms with van der Waals surface area (Å²) in [5.74, 6) is 1.74. The largest absolute Gasteiger partial charge is 0.356 e. The molecular weight excluding hydrogens is 300 g/mol. The van der Waals surface area contributed by atoms with Gasteiger partial charge in [0.05, 0.1) is 0 Å². The minimum Gasteiger partial charge on any atom is -0.356 e. The Labute approximate surface area is 122 Å². The van der Waals surface area contributed by atoms with Gasteiger partial charge in [0.2, 0.25) is 0 Å². The van der Waals surface area contributed by atoms with Crippen LogP contribution in [0.3, 0.4) is 0 Å². The smallest absolute Gasteiger partial charge is 0.128 e. The molecule has 0 aliphatic carbocycles. The van der Waals surface area contributed by atoms with Crippen LogP contribution in [0.4, 0.5) is 5.82 Å². The van der Waals surface area contributed by atoms with Gasteiger partial charge in [-0.25, -0.2) is 4.98 Å². The van der Waals surface area contributed by atoms with Gasteiger partial charge in [-0.2, -0.15) is 0 Å². The molecule has 1 aromatic heterocycles. The second-order valence-electron chi connectivity index (χ2n) is 5.00. The summed E-state index contributed by atoms with van der Waals surface area (Å²) in [6, 6.07) is 15.1. The van der Waals surface area contributed by atoms with Crippen molar-refractivity contribution >= 4 is 21.7 Å². The number of aromatic nitrogens is 1. The van der Waals surface area contributed by atoms with Crippen LogP contribution in [0.15, 0.2) is 48.7 Å². The number of benzene rings is 1. The first-order chi connectivity index (χ1) is 9.36. The van der Waals surface area contributed by atoms with Gasteiger partial charge in [0.25, 0.3) is 0 Å². The molecule has 1 atom stereocenters. The van der Waals surface area contributed by atoms with Crippen molar-refractivity contribution in [3.8, 4) is 0 Å². The van der Waals surface area contributed by atoms with Crippen molar-refractivity contribution in [1.82, 2.24) is 4.98 Å². The molecule has 0 saturated carbocycles. The minimum atomic E-state index is 0.638. The molecule has 0 N–H and O–H groups in total. The van der Waals surface area contributed by atoms with Gasteiger partial charge in [0.1, 0.15) is 5.82 Å². The van der Waals surface area contributed by atoms with Crippen molar-refractivity contribution in [1.29, 1.82) is 0 Å². The highest BCUT2D eigenvalue weighted by molar-refractivity contribution is 9.08. The maximum Gasteiger partial charge on any atom is 0.128 e. The quantitative estimate of drug-likeness (QED) is 0.796. The molecule has 1 aromatic carbocycles. The van der Waals surface area contributed by atoms with Gasteiger partial charge >= 0.3 is 0 Å². The van der Waals surface area contributed by atoms with E-state index in [1.54, 1.807) is 0 Å². The molecule has 2 nitrogen and oxygen atoms in total. The lowest BCUT2D eigenvalue weighted by molar-refractivity contribution is 0.774. The van der Waals surface area contributed by atoms with E-state index in [1.165, 1.54) is 17.5 Å². The molecule has 0 radical (unpaired) electrons. The third-order valence-electron chi connectivity index (χ3n) is 3.75. The molecule has 1 unspecified atom stereocenters. The van der Waals surface area contributed by atoms with Crippen molar-refractivity contribution in [2.45, 2.75) is 17.7 Å². The van der Waals surface area contributed by atoms with E-state index >= 15 is 0 Å². The lowest BCUT2D eigenvalue weighted by atomic mass is 9.99. The number of halogens is 1. The zero-order valence-corrected chi connectivity index (χ0v) is 12.4. The van der Waals surface area contributed by atoms with Crippen LogP contribution in [0.25, 0.3) is 0 Å². The van der Waals surface area contributed by atoms with Gasteiger partial charge in [-0.05, 0) is 23.6 Å². The van der Waals surface area contributed by atoms with Gasteiger partial charge in [0.15, 0.2) is 0 Å². The normalized spacial score (nSPS) is 18.8. The molecule has 19 heavy (non-hydrogen) atoms. The average Bonchev–Trinajstić information content (AvgIpc) is 2.98. The van der Waals surface area contributed by atoms with Crippen LogP contribution in [-0.4, -0.2) is 18.1 Å². The number of hydrogen-bond acceptors (Lipinski definition) is 2. The highest BCUT2D eigenvalue weighted by atomic mass is 79.9. The van der Waals surface area contributed by atoms with Crippen LogP contribution in [0.5, 0.6) is 0 Å². The summed E-state index contributed by atoms with van der Waals surface area (Å²) in [4.78, 5) is 6.94. The summed E-state index contributed by atoms with van der Waals surface area (Å²) in [5, 5.41) is 0.868. The summed E-state index contributed by atoms with van der Waals surface area (Å²) in [6.45, 7) is 2.17. The third kappa shape index (κ3) is 2.81. The Balaban J connectivity index is 1.71. The first-order valence-electron chi connectivity index (χ1n) is 6.67. The molecule has 1 aliphatic heterocycles. The van der Waals surface area contributed by atoms with E-state index in [2.05, 4.69) is 68.3 Å². The van der Waals surface area contributed by atoms with E-state index < -0.39 is 0 Å². The second-order valence-corrected chi connectivity index (χ2v) is 5.56. The van der Waals surface area contributed by atoms with E-state index in [0.29, 0.717) is 5.92 Å². The van der Waals surface area contributed by atoms with Crippen molar-refractivity contribution < 1.29 is 0 Å². The molecule has 1 aliphatic rings. The molecule has 0 bridgehead atoms. The van der Waals surface area contributed by atoms with Crippen molar-refractivity contribution in [3.05, 3.63) is 59.8 Å². The highest BCUT2D eigenvalue weighted by Gasteiger charge is 2.24. The van der Waals surface area contributed by atoms with Crippen LogP contribution >= 0.6 is 15.9 Å². The predicted molar refractivity (Wildman–Crippen MR) is 82.9 cm³/mol. The molecule has 2 aromatic rings. The first kappa shape index (κ1) is 12.7. The molecule has 3 heteroatoms. The Kier molecular flexibility index (Phi) is 3.83. The van der Waals surface area contributed by atoms with Crippen LogP contribution in [0.2, 0.25) is 0 Å². The predicted octanol–water partition coefficient (Wildman–Crippen LogP) is 3.97. The number of alkyl halides is 1. The van der Waals surface area contributed by atoms with E-state index in [1.807, 2.05) is 6.20 Å². The molecular formula is C16H17BrN2. The molecule has 0 amide bonds. The van der Waals surface area contributed by atoms with E-state index in [0.717, 1.165) is 24.2 Å². The minimum absolute atomic E-state index is 0.638. The fraction of sp³-hybridized carbons (Fsp3) is 0.312. The van der Waals surface area contributed by atoms with Crippen LogP contribution < -0.4 is 4.90 Å². The van der Waals surface area contributed by atoms with Gasteiger partial charge in [-0.15, -0.1) is 0 Å². The Hall–Kier alpha value is -1.35. The van der Waals surface area contributed by atoms with Gasteiger partial charge in [0, 0.05) is 30.5 Å². The maximum atomic E-state index is 4.56. The monoisotopic (exact) mass is 316 g/mol. The molecule has 2 heterocycles. The van der Waals surface area contributed by atoms with Gasteiger partial charge in [-0.3, -0.25) is 0 Å². The summed E-state index contributed by atoms with van der Waals surface area (Å²) in [6.07, 6.45) is 3.17. The number of anilines is 1. The van der Waals surface area contributed by atoms with Crippen LogP contribution in [0, 0.1) is 0 Å². The average molecular weight is 317 g/mol. The summed E-state index contributed by atoms with van der Waals surface area (Å²) >= 11 is 3.45. The summed E-state index contributed by atoms with van der Waals surface area (Å²) < 4.78 is 0. The fourth-order valence-corrected chi connectivity index (χ4v) is 2.98. The third-order valence-corrected chi connectivity index (χ3v) is 4.39. The maximum absolute atomic E-state index is 4.56. The zero-order valence-electron chi connectivity index (χ0n) is 10.8. The fourth-order valence-electron chi connectivity index (χ4n) is 2.65. The second kappa shape index (κ2) is 5.74. The summed E-state index contributed by atoms with van der Waals surface area (Å²) in [5.41, 5.74) is 2.67. The van der Waals surface area contributed by atoms with E-state index in [4.69, 9.17) is 0 Å². The standard InChI is InChI=1S/C16H17BrN2/c17-10-13-6-7-16(18-11-13)19-9-8-15(12-19)14-4-2-1-3-5-14/h1-7,11,15H,8-10,12H2. The van der Waals surface area contributed by atoms with Crippen LogP contribution in [-0.2, 0) is 5.33 Å². The zero-order chi connectivity index (χ0) is 13.1. The van der Waals surface area contributed by atoms with Crippen molar-refractivity contribution in [2.75, 3.05) is 18.0 Å². The Morgan fingerprint density at radius 2 is 2.00 bits per heavy atom. The van der Waals surface area contributed by atoms with Crippen molar-refractivity contribution in [3.63, 3.8) is 0 Å². The van der Waals surface area contributed by atoms with Gasteiger partial charge in [-0.1, -0.05) is 52.3 Å². The Morgan fingerprint density at radius 1 is 1.16 bits per heavy atom. The van der Waals surface area contributed by atoms with Gasteiger partial charge < -0.3 is 4.90 Å². The number of hydrogen-bond donors (Lipinski definition) is 0. The van der Waals surface area contributed by atoms with Crippen LogP contribution in [0.1, 0.15) is 23.5 Å². The molecule has 1 fully saturated rings. The molecule has 3 rings (SSSR count). The first-order valence-corrected chi connectivity index (χ1v) is 7.80. The Bertz CT molecular complexity index is 524. The highest BCUT2D eigenvalue weighted by Crippen LogP contribution is 2.29. The Morgan fingerprint density at radius 3 is 2.68 bits per heavy atom. The number of nitrogens with zero attached hydrogens (tertiary/aromatic N) is 2. The van der Waals surface area contributed by atoms with E-state index in [-0.39, 0.29) is 0 Å². The molecule has 1 saturated heterocycles. The SMILES string of the molecule is BrCc1ccc(N2CCC(c3ccccc3)C2)nc1. The van der Waals surface area contributed by atoms with Crippen molar-refractivity contribution in [2.24, 2.45) is 0 Å². The topological polar surface area (TPSA) is 16.1 Å². The lowest BCUT2D eigenvalue weighted by Crippen LogP contribution is -2.20. The number of pyridine rings is 1.